The zero-order valence-electron chi connectivity index (χ0n) is 14.3. The van der Waals surface area contributed by atoms with E-state index < -0.39 is 51.3 Å². The zero-order valence-corrected chi connectivity index (χ0v) is 15.1. The van der Waals surface area contributed by atoms with E-state index in [0.29, 0.717) is 12.8 Å². The molecule has 0 aromatic heterocycles. The number of ether oxygens (including phenoxy) is 3. The molecule has 0 radical (unpaired) electrons. The van der Waals surface area contributed by atoms with Crippen molar-refractivity contribution >= 4 is 28.0 Å². The quantitative estimate of drug-likeness (QED) is 0.185. The average Bonchev–Trinajstić information content (AvgIpc) is 3.21. The minimum atomic E-state index is -3.58. The normalized spacial score (nSPS) is 32.1. The summed E-state index contributed by atoms with van der Waals surface area (Å²) in [5.74, 6) is -4.03. The lowest BCUT2D eigenvalue weighted by Crippen LogP contribution is -2.37. The van der Waals surface area contributed by atoms with Gasteiger partial charge in [0, 0.05) is 11.8 Å². The van der Waals surface area contributed by atoms with Crippen molar-refractivity contribution < 1.29 is 45.6 Å². The topological polar surface area (TPSA) is 122 Å². The third-order valence-corrected chi connectivity index (χ3v) is 6.79. The standard InChI is InChI=1S/C16H19FO9S/c1-8(17)16(20)24-5-4-23-12(18)2-3-13(19)25-14-9-6-10-11(7-9)27(21,22)26-15(10)14/h9-11,14-15H,1-7H2. The molecular formula is C16H19FO9S. The van der Waals surface area contributed by atoms with Crippen molar-refractivity contribution in [2.45, 2.75) is 43.1 Å². The van der Waals surface area contributed by atoms with E-state index in [9.17, 15) is 27.2 Å². The monoisotopic (exact) mass is 406 g/mol. The van der Waals surface area contributed by atoms with Crippen LogP contribution in [0.4, 0.5) is 4.39 Å². The lowest BCUT2D eigenvalue weighted by molar-refractivity contribution is -0.159. The summed E-state index contributed by atoms with van der Waals surface area (Å²) in [6.45, 7) is 2.13. The van der Waals surface area contributed by atoms with Gasteiger partial charge < -0.3 is 14.2 Å². The summed E-state index contributed by atoms with van der Waals surface area (Å²) in [6.07, 6.45) is -0.659. The molecule has 0 aromatic rings. The zero-order chi connectivity index (χ0) is 19.8. The minimum absolute atomic E-state index is 0.0434. The van der Waals surface area contributed by atoms with Crippen LogP contribution in [0.3, 0.4) is 0 Å². The fourth-order valence-corrected chi connectivity index (χ4v) is 5.78. The first-order chi connectivity index (χ1) is 12.7. The summed E-state index contributed by atoms with van der Waals surface area (Å²) in [6, 6.07) is 0. The van der Waals surface area contributed by atoms with Crippen LogP contribution < -0.4 is 0 Å². The molecule has 3 rings (SSSR count). The number of rotatable bonds is 8. The fourth-order valence-electron chi connectivity index (χ4n) is 3.90. The van der Waals surface area contributed by atoms with Crippen LogP contribution >= 0.6 is 0 Å². The summed E-state index contributed by atoms with van der Waals surface area (Å²) in [5.41, 5.74) is 0. The molecule has 27 heavy (non-hydrogen) atoms. The fraction of sp³-hybridized carbons (Fsp3) is 0.688. The molecule has 2 bridgehead atoms. The lowest BCUT2D eigenvalue weighted by Gasteiger charge is -2.24. The van der Waals surface area contributed by atoms with Gasteiger partial charge in [0.2, 0.25) is 5.83 Å². The highest BCUT2D eigenvalue weighted by atomic mass is 32.2. The number of esters is 3. The second-order valence-corrected chi connectivity index (χ2v) is 8.49. The smallest absolute Gasteiger partial charge is 0.366 e. The van der Waals surface area contributed by atoms with E-state index in [4.69, 9.17) is 13.7 Å². The molecule has 150 valence electrons. The summed E-state index contributed by atoms with van der Waals surface area (Å²) in [4.78, 5) is 34.3. The minimum Gasteiger partial charge on any atom is -0.462 e. The van der Waals surface area contributed by atoms with Crippen LogP contribution in [0.5, 0.6) is 0 Å². The number of hydrogen-bond acceptors (Lipinski definition) is 9. The Morgan fingerprint density at radius 1 is 1.07 bits per heavy atom. The molecule has 1 aliphatic heterocycles. The summed E-state index contributed by atoms with van der Waals surface area (Å²) in [5, 5.41) is -0.499. The van der Waals surface area contributed by atoms with Gasteiger partial charge in [0.05, 0.1) is 18.1 Å². The van der Waals surface area contributed by atoms with Gasteiger partial charge in [-0.05, 0) is 12.8 Å². The number of hydrogen-bond donors (Lipinski definition) is 0. The summed E-state index contributed by atoms with van der Waals surface area (Å²) < 4.78 is 55.6. The Kier molecular flexibility index (Phi) is 5.52. The molecule has 0 aromatic carbocycles. The Morgan fingerprint density at radius 3 is 2.44 bits per heavy atom. The van der Waals surface area contributed by atoms with Gasteiger partial charge in [0.15, 0.2) is 0 Å². The van der Waals surface area contributed by atoms with Gasteiger partial charge in [0.25, 0.3) is 10.1 Å². The van der Waals surface area contributed by atoms with Crippen LogP contribution in [-0.4, -0.2) is 57.0 Å². The van der Waals surface area contributed by atoms with Gasteiger partial charge in [0.1, 0.15) is 25.4 Å². The third kappa shape index (κ3) is 4.13. The Labute approximate surface area is 154 Å². The molecular weight excluding hydrogens is 387 g/mol. The third-order valence-electron chi connectivity index (χ3n) is 5.02. The SMILES string of the molecule is C=C(F)C(=O)OCCOC(=O)CCC(=O)OC1C2CC3C1OS(=O)(=O)C3C2. The molecule has 1 saturated heterocycles. The predicted octanol–water partition coefficient (Wildman–Crippen LogP) is 0.385. The summed E-state index contributed by atoms with van der Waals surface area (Å²) >= 11 is 0. The average molecular weight is 406 g/mol. The van der Waals surface area contributed by atoms with E-state index in [1.807, 2.05) is 0 Å². The number of fused-ring (bicyclic) bond motifs is 1. The van der Waals surface area contributed by atoms with E-state index in [1.165, 1.54) is 0 Å². The molecule has 0 amide bonds. The molecule has 5 atom stereocenters. The van der Waals surface area contributed by atoms with Crippen LogP contribution in [0, 0.1) is 11.8 Å². The number of carbonyl (C=O) groups is 3. The van der Waals surface area contributed by atoms with Gasteiger partial charge in [-0.15, -0.1) is 0 Å². The van der Waals surface area contributed by atoms with Gasteiger partial charge in [-0.25, -0.2) is 4.79 Å². The lowest BCUT2D eigenvalue weighted by atomic mass is 9.94. The number of carbonyl (C=O) groups excluding carboxylic acids is 3. The maximum absolute atomic E-state index is 12.3. The van der Waals surface area contributed by atoms with Crippen molar-refractivity contribution in [3.8, 4) is 0 Å². The predicted molar refractivity (Wildman–Crippen MR) is 85.1 cm³/mol. The van der Waals surface area contributed by atoms with Crippen LogP contribution in [0.15, 0.2) is 12.4 Å². The van der Waals surface area contributed by atoms with Crippen molar-refractivity contribution in [2.24, 2.45) is 11.8 Å². The highest BCUT2D eigenvalue weighted by Crippen LogP contribution is 2.55. The second kappa shape index (κ2) is 7.55. The van der Waals surface area contributed by atoms with Crippen molar-refractivity contribution in [1.82, 2.24) is 0 Å². The largest absolute Gasteiger partial charge is 0.462 e. The van der Waals surface area contributed by atoms with E-state index in [1.54, 1.807) is 0 Å². The van der Waals surface area contributed by atoms with Gasteiger partial charge in [-0.1, -0.05) is 6.58 Å². The Hall–Kier alpha value is -2.01. The van der Waals surface area contributed by atoms with Crippen LogP contribution in [-0.2, 0) is 42.9 Å². The molecule has 0 N–H and O–H groups in total. The highest BCUT2D eigenvalue weighted by molar-refractivity contribution is 7.87. The van der Waals surface area contributed by atoms with E-state index in [0.717, 1.165) is 0 Å². The van der Waals surface area contributed by atoms with Gasteiger partial charge in [-0.2, -0.15) is 12.8 Å². The molecule has 5 unspecified atom stereocenters. The molecule has 0 spiro atoms. The second-order valence-electron chi connectivity index (χ2n) is 6.70. The Morgan fingerprint density at radius 2 is 1.74 bits per heavy atom. The van der Waals surface area contributed by atoms with Crippen LogP contribution in [0.1, 0.15) is 25.7 Å². The van der Waals surface area contributed by atoms with Crippen LogP contribution in [0.2, 0.25) is 0 Å². The van der Waals surface area contributed by atoms with Crippen molar-refractivity contribution in [3.63, 3.8) is 0 Å². The number of halogens is 1. The molecule has 2 aliphatic carbocycles. The maximum atomic E-state index is 12.3. The van der Waals surface area contributed by atoms with Crippen molar-refractivity contribution in [1.29, 1.82) is 0 Å². The molecule has 3 aliphatic rings. The van der Waals surface area contributed by atoms with E-state index in [-0.39, 0.29) is 37.9 Å². The van der Waals surface area contributed by atoms with E-state index in [2.05, 4.69) is 11.3 Å². The van der Waals surface area contributed by atoms with Gasteiger partial charge >= 0.3 is 17.9 Å². The first-order valence-corrected chi connectivity index (χ1v) is 9.95. The Bertz CT molecular complexity index is 762. The highest BCUT2D eigenvalue weighted by Gasteiger charge is 2.65. The molecule has 2 saturated carbocycles. The van der Waals surface area contributed by atoms with Crippen molar-refractivity contribution in [2.75, 3.05) is 13.2 Å². The van der Waals surface area contributed by atoms with Crippen molar-refractivity contribution in [3.05, 3.63) is 12.4 Å². The van der Waals surface area contributed by atoms with E-state index >= 15 is 0 Å². The molecule has 3 fully saturated rings. The Balaban J connectivity index is 1.35. The maximum Gasteiger partial charge on any atom is 0.366 e. The van der Waals surface area contributed by atoms with Gasteiger partial charge in [-0.3, -0.25) is 13.8 Å². The molecule has 1 heterocycles. The molecule has 9 nitrogen and oxygen atoms in total. The first-order valence-electron chi connectivity index (χ1n) is 8.48. The van der Waals surface area contributed by atoms with Crippen LogP contribution in [0.25, 0.3) is 0 Å². The summed E-state index contributed by atoms with van der Waals surface area (Å²) in [7, 11) is -3.58. The first kappa shape index (κ1) is 19.7. The molecule has 11 heteroatoms.